The van der Waals surface area contributed by atoms with Crippen molar-refractivity contribution in [2.24, 2.45) is 5.92 Å². The Morgan fingerprint density at radius 2 is 1.80 bits per heavy atom. The van der Waals surface area contributed by atoms with Crippen molar-refractivity contribution < 1.29 is 18.3 Å². The van der Waals surface area contributed by atoms with E-state index in [0.717, 1.165) is 18.4 Å². The summed E-state index contributed by atoms with van der Waals surface area (Å²) in [6.07, 6.45) is 2.50. The fourth-order valence-corrected chi connectivity index (χ4v) is 5.21. The zero-order valence-corrected chi connectivity index (χ0v) is 12.3. The number of carboxylic acids is 1. The first-order chi connectivity index (χ1) is 9.44. The Morgan fingerprint density at radius 1 is 1.20 bits per heavy atom. The van der Waals surface area contributed by atoms with Crippen LogP contribution in [0, 0.1) is 5.92 Å². The van der Waals surface area contributed by atoms with Gasteiger partial charge in [-0.15, -0.1) is 0 Å². The molecular formula is C15H20O4S. The van der Waals surface area contributed by atoms with E-state index in [4.69, 9.17) is 0 Å². The molecule has 0 amide bonds. The van der Waals surface area contributed by atoms with Gasteiger partial charge in [0.2, 0.25) is 0 Å². The maximum Gasteiger partial charge on any atom is 0.307 e. The van der Waals surface area contributed by atoms with Crippen LogP contribution in [-0.4, -0.2) is 24.7 Å². The van der Waals surface area contributed by atoms with Crippen molar-refractivity contribution in [2.75, 3.05) is 0 Å². The molecule has 3 atom stereocenters. The van der Waals surface area contributed by atoms with E-state index in [-0.39, 0.29) is 0 Å². The van der Waals surface area contributed by atoms with Gasteiger partial charge < -0.3 is 5.11 Å². The summed E-state index contributed by atoms with van der Waals surface area (Å²) in [5.74, 6) is -1.75. The van der Waals surface area contributed by atoms with E-state index in [0.29, 0.717) is 12.8 Å². The first kappa shape index (κ1) is 15.0. The number of benzene rings is 1. The predicted molar refractivity (Wildman–Crippen MR) is 77.2 cm³/mol. The minimum Gasteiger partial charge on any atom is -0.481 e. The number of carbonyl (C=O) groups is 1. The van der Waals surface area contributed by atoms with Gasteiger partial charge in [-0.1, -0.05) is 43.2 Å². The topological polar surface area (TPSA) is 71.4 Å². The molecule has 1 aromatic carbocycles. The third kappa shape index (κ3) is 2.87. The van der Waals surface area contributed by atoms with Crippen molar-refractivity contribution in [1.29, 1.82) is 0 Å². The van der Waals surface area contributed by atoms with Crippen LogP contribution in [0.2, 0.25) is 0 Å². The van der Waals surface area contributed by atoms with E-state index in [9.17, 15) is 18.3 Å². The average molecular weight is 296 g/mol. The quantitative estimate of drug-likeness (QED) is 0.927. The molecule has 0 saturated heterocycles. The van der Waals surface area contributed by atoms with Crippen molar-refractivity contribution in [3.05, 3.63) is 35.9 Å². The molecule has 1 unspecified atom stereocenters. The summed E-state index contributed by atoms with van der Waals surface area (Å²) in [7, 11) is -3.49. The van der Waals surface area contributed by atoms with Crippen LogP contribution in [0.15, 0.2) is 30.3 Å². The molecule has 1 aliphatic rings. The van der Waals surface area contributed by atoms with E-state index in [2.05, 4.69) is 0 Å². The Hall–Kier alpha value is -1.36. The van der Waals surface area contributed by atoms with Gasteiger partial charge in [-0.3, -0.25) is 4.79 Å². The molecule has 1 aliphatic carbocycles. The van der Waals surface area contributed by atoms with Crippen LogP contribution >= 0.6 is 0 Å². The maximum atomic E-state index is 12.7. The van der Waals surface area contributed by atoms with Gasteiger partial charge in [-0.25, -0.2) is 8.42 Å². The lowest BCUT2D eigenvalue weighted by Crippen LogP contribution is -2.39. The van der Waals surface area contributed by atoms with Gasteiger partial charge >= 0.3 is 5.97 Å². The minimum atomic E-state index is -3.49. The molecule has 110 valence electrons. The third-order valence-electron chi connectivity index (χ3n) is 4.20. The largest absolute Gasteiger partial charge is 0.481 e. The van der Waals surface area contributed by atoms with Crippen LogP contribution < -0.4 is 0 Å². The molecule has 1 saturated carbocycles. The normalized spacial score (nSPS) is 25.1. The molecule has 0 aromatic heterocycles. The van der Waals surface area contributed by atoms with Gasteiger partial charge in [-0.05, 0) is 25.3 Å². The van der Waals surface area contributed by atoms with Crippen molar-refractivity contribution in [2.45, 2.75) is 43.1 Å². The van der Waals surface area contributed by atoms with Crippen LogP contribution in [0.25, 0.3) is 0 Å². The SMILES string of the molecule is CC(c1ccccc1)S(=O)(=O)[C@@H]1CCCC[C@@H]1C(=O)O. The third-order valence-corrected chi connectivity index (χ3v) is 6.87. The number of hydrogen-bond donors (Lipinski definition) is 1. The Balaban J connectivity index is 2.31. The molecule has 2 rings (SSSR count). The molecule has 1 aromatic rings. The van der Waals surface area contributed by atoms with Gasteiger partial charge in [0.25, 0.3) is 0 Å². The first-order valence-electron chi connectivity index (χ1n) is 6.95. The summed E-state index contributed by atoms with van der Waals surface area (Å²) in [4.78, 5) is 11.3. The zero-order chi connectivity index (χ0) is 14.8. The fourth-order valence-electron chi connectivity index (χ4n) is 2.95. The highest BCUT2D eigenvalue weighted by Gasteiger charge is 2.42. The highest BCUT2D eigenvalue weighted by Crippen LogP contribution is 2.36. The van der Waals surface area contributed by atoms with Crippen molar-refractivity contribution in [3.63, 3.8) is 0 Å². The second-order valence-corrected chi connectivity index (χ2v) is 7.90. The maximum absolute atomic E-state index is 12.7. The van der Waals surface area contributed by atoms with Gasteiger partial charge in [0.15, 0.2) is 9.84 Å². The number of aliphatic carboxylic acids is 1. The number of sulfone groups is 1. The summed E-state index contributed by atoms with van der Waals surface area (Å²) in [6, 6.07) is 9.00. The molecular weight excluding hydrogens is 276 g/mol. The highest BCUT2D eigenvalue weighted by atomic mass is 32.2. The molecule has 20 heavy (non-hydrogen) atoms. The Kier molecular flexibility index (Phi) is 4.48. The monoisotopic (exact) mass is 296 g/mol. The predicted octanol–water partition coefficient (Wildman–Crippen LogP) is 2.81. The van der Waals surface area contributed by atoms with Crippen LogP contribution in [0.1, 0.15) is 43.4 Å². The zero-order valence-electron chi connectivity index (χ0n) is 11.5. The molecule has 0 bridgehead atoms. The van der Waals surface area contributed by atoms with E-state index < -0.39 is 32.2 Å². The highest BCUT2D eigenvalue weighted by molar-refractivity contribution is 7.92. The summed E-state index contributed by atoms with van der Waals surface area (Å²) in [6.45, 7) is 1.65. The number of hydrogen-bond acceptors (Lipinski definition) is 3. The molecule has 0 heterocycles. The molecule has 0 radical (unpaired) electrons. The van der Waals surface area contributed by atoms with Crippen molar-refractivity contribution >= 4 is 15.8 Å². The van der Waals surface area contributed by atoms with E-state index >= 15 is 0 Å². The first-order valence-corrected chi connectivity index (χ1v) is 8.56. The van der Waals surface area contributed by atoms with Crippen molar-refractivity contribution in [1.82, 2.24) is 0 Å². The van der Waals surface area contributed by atoms with E-state index in [1.807, 2.05) is 6.07 Å². The van der Waals surface area contributed by atoms with E-state index in [1.165, 1.54) is 0 Å². The molecule has 1 fully saturated rings. The van der Waals surface area contributed by atoms with Crippen LogP contribution in [0.5, 0.6) is 0 Å². The van der Waals surface area contributed by atoms with Gasteiger partial charge in [-0.2, -0.15) is 0 Å². The lowest BCUT2D eigenvalue weighted by atomic mass is 9.89. The minimum absolute atomic E-state index is 0.455. The summed E-state index contributed by atoms with van der Waals surface area (Å²) >= 11 is 0. The Labute approximate surface area is 119 Å². The molecule has 5 heteroatoms. The molecule has 1 N–H and O–H groups in total. The Bertz CT molecular complexity index is 565. The molecule has 0 spiro atoms. The fraction of sp³-hybridized carbons (Fsp3) is 0.533. The summed E-state index contributed by atoms with van der Waals surface area (Å²) in [5, 5.41) is 7.84. The van der Waals surface area contributed by atoms with Crippen LogP contribution in [0.3, 0.4) is 0 Å². The smallest absolute Gasteiger partial charge is 0.307 e. The molecule has 0 aliphatic heterocycles. The van der Waals surface area contributed by atoms with Crippen LogP contribution in [-0.2, 0) is 14.6 Å². The second kappa shape index (κ2) is 5.95. The second-order valence-electron chi connectivity index (χ2n) is 5.41. The number of carboxylic acid groups (broad SMARTS) is 1. The van der Waals surface area contributed by atoms with Gasteiger partial charge in [0.1, 0.15) is 0 Å². The van der Waals surface area contributed by atoms with Gasteiger partial charge in [0.05, 0.1) is 16.4 Å². The van der Waals surface area contributed by atoms with E-state index in [1.54, 1.807) is 31.2 Å². The number of rotatable bonds is 4. The van der Waals surface area contributed by atoms with Gasteiger partial charge in [0, 0.05) is 0 Å². The van der Waals surface area contributed by atoms with Crippen molar-refractivity contribution in [3.8, 4) is 0 Å². The average Bonchev–Trinajstić information content (AvgIpc) is 2.47. The Morgan fingerprint density at radius 3 is 2.40 bits per heavy atom. The lowest BCUT2D eigenvalue weighted by Gasteiger charge is -2.30. The van der Waals surface area contributed by atoms with Crippen LogP contribution in [0.4, 0.5) is 0 Å². The summed E-state index contributed by atoms with van der Waals surface area (Å²) < 4.78 is 25.5. The summed E-state index contributed by atoms with van der Waals surface area (Å²) in [5.41, 5.74) is 0.724. The molecule has 4 nitrogen and oxygen atoms in total. The lowest BCUT2D eigenvalue weighted by molar-refractivity contribution is -0.142. The standard InChI is InChI=1S/C15H20O4S/c1-11(12-7-3-2-4-8-12)20(18,19)14-10-6-5-9-13(14)15(16)17/h2-4,7-8,11,13-14H,5-6,9-10H2,1H3,(H,16,17)/t11?,13-,14+/m0/s1.